The number of rotatable bonds is 3. The zero-order valence-electron chi connectivity index (χ0n) is 10.4. The summed E-state index contributed by atoms with van der Waals surface area (Å²) in [7, 11) is 0. The van der Waals surface area contributed by atoms with Gasteiger partial charge in [-0.15, -0.1) is 0 Å². The molecule has 2 aromatic carbocycles. The van der Waals surface area contributed by atoms with E-state index in [0.717, 1.165) is 23.4 Å². The van der Waals surface area contributed by atoms with Crippen LogP contribution in [0.4, 0.5) is 11.4 Å². The molecule has 0 aliphatic carbocycles. The van der Waals surface area contributed by atoms with Crippen LogP contribution in [0.5, 0.6) is 0 Å². The summed E-state index contributed by atoms with van der Waals surface area (Å²) in [6.45, 7) is 4.13. The minimum absolute atomic E-state index is 0.638. The molecule has 94 valence electrons. The molecule has 2 rings (SSSR count). The molecular formula is C15H15Cl2N. The molecule has 0 unspecified atom stereocenters. The van der Waals surface area contributed by atoms with Crippen molar-refractivity contribution in [3.05, 3.63) is 57.6 Å². The topological polar surface area (TPSA) is 12.0 Å². The number of anilines is 2. The predicted molar refractivity (Wildman–Crippen MR) is 80.3 cm³/mol. The summed E-state index contributed by atoms with van der Waals surface area (Å²) in [6, 6.07) is 12.0. The first kappa shape index (κ1) is 13.3. The summed E-state index contributed by atoms with van der Waals surface area (Å²) in [5.41, 5.74) is 4.29. The van der Waals surface area contributed by atoms with Crippen molar-refractivity contribution in [3.63, 3.8) is 0 Å². The van der Waals surface area contributed by atoms with Gasteiger partial charge < -0.3 is 5.32 Å². The number of hydrogen-bond acceptors (Lipinski definition) is 1. The fourth-order valence-corrected chi connectivity index (χ4v) is 2.47. The van der Waals surface area contributed by atoms with E-state index in [1.54, 1.807) is 6.07 Å². The van der Waals surface area contributed by atoms with Gasteiger partial charge in [-0.25, -0.2) is 0 Å². The van der Waals surface area contributed by atoms with Crippen molar-refractivity contribution in [2.24, 2.45) is 0 Å². The Bertz CT molecular complexity index is 524. The third kappa shape index (κ3) is 2.98. The first-order valence-electron chi connectivity index (χ1n) is 5.91. The molecule has 2 aromatic rings. The van der Waals surface area contributed by atoms with Crippen LogP contribution < -0.4 is 5.32 Å². The fourth-order valence-electron chi connectivity index (χ4n) is 1.83. The maximum absolute atomic E-state index is 6.20. The molecule has 0 aliphatic heterocycles. The van der Waals surface area contributed by atoms with E-state index in [4.69, 9.17) is 23.2 Å². The predicted octanol–water partition coefficient (Wildman–Crippen LogP) is 5.61. The lowest BCUT2D eigenvalue weighted by Gasteiger charge is -2.12. The number of benzene rings is 2. The molecule has 0 fully saturated rings. The average Bonchev–Trinajstić information content (AvgIpc) is 2.34. The summed E-state index contributed by atoms with van der Waals surface area (Å²) in [5.74, 6) is 0. The van der Waals surface area contributed by atoms with Crippen LogP contribution in [0.2, 0.25) is 10.0 Å². The molecule has 0 spiro atoms. The smallest absolute Gasteiger partial charge is 0.0658 e. The second-order valence-electron chi connectivity index (χ2n) is 4.25. The Morgan fingerprint density at radius 1 is 1.06 bits per heavy atom. The zero-order chi connectivity index (χ0) is 13.1. The lowest BCUT2D eigenvalue weighted by Crippen LogP contribution is -1.94. The molecule has 0 aliphatic rings. The van der Waals surface area contributed by atoms with E-state index < -0.39 is 0 Å². The van der Waals surface area contributed by atoms with Crippen molar-refractivity contribution in [2.75, 3.05) is 5.32 Å². The van der Waals surface area contributed by atoms with Gasteiger partial charge in [-0.3, -0.25) is 0 Å². The molecule has 0 atom stereocenters. The molecule has 0 amide bonds. The molecule has 0 radical (unpaired) electrons. The van der Waals surface area contributed by atoms with E-state index in [1.807, 2.05) is 13.0 Å². The van der Waals surface area contributed by atoms with Gasteiger partial charge in [-0.05, 0) is 48.7 Å². The molecule has 18 heavy (non-hydrogen) atoms. The van der Waals surface area contributed by atoms with Crippen molar-refractivity contribution in [1.82, 2.24) is 0 Å². The van der Waals surface area contributed by atoms with E-state index in [-0.39, 0.29) is 0 Å². The Morgan fingerprint density at radius 3 is 2.28 bits per heavy atom. The standard InChI is InChI=1S/C15H15Cl2N/c1-3-11-4-6-13(7-5-11)18-15-10(2)8-12(16)9-14(15)17/h4-9,18H,3H2,1-2H3. The number of hydrogen-bond donors (Lipinski definition) is 1. The van der Waals surface area contributed by atoms with Crippen molar-refractivity contribution >= 4 is 34.6 Å². The van der Waals surface area contributed by atoms with Crippen molar-refractivity contribution in [3.8, 4) is 0 Å². The summed E-state index contributed by atoms with van der Waals surface area (Å²) in [5, 5.41) is 4.62. The molecule has 3 heteroatoms. The lowest BCUT2D eigenvalue weighted by molar-refractivity contribution is 1.14. The molecule has 0 bridgehead atoms. The van der Waals surface area contributed by atoms with Crippen molar-refractivity contribution in [2.45, 2.75) is 20.3 Å². The highest BCUT2D eigenvalue weighted by molar-refractivity contribution is 6.36. The Hall–Kier alpha value is -1.18. The molecule has 1 nitrogen and oxygen atoms in total. The molecule has 0 aromatic heterocycles. The van der Waals surface area contributed by atoms with Gasteiger partial charge >= 0.3 is 0 Å². The average molecular weight is 280 g/mol. The molecule has 0 saturated heterocycles. The first-order valence-corrected chi connectivity index (χ1v) is 6.67. The SMILES string of the molecule is CCc1ccc(Nc2c(C)cc(Cl)cc2Cl)cc1. The van der Waals surface area contributed by atoms with Crippen LogP contribution in [0.3, 0.4) is 0 Å². The van der Waals surface area contributed by atoms with Crippen LogP contribution in [0.1, 0.15) is 18.1 Å². The second kappa shape index (κ2) is 5.64. The Morgan fingerprint density at radius 2 is 1.72 bits per heavy atom. The van der Waals surface area contributed by atoms with Crippen LogP contribution in [-0.2, 0) is 6.42 Å². The van der Waals surface area contributed by atoms with E-state index in [0.29, 0.717) is 10.0 Å². The molecule has 0 heterocycles. The van der Waals surface area contributed by atoms with Crippen LogP contribution in [0, 0.1) is 6.92 Å². The summed E-state index contributed by atoms with van der Waals surface area (Å²) in [6.07, 6.45) is 1.04. The molecule has 0 saturated carbocycles. The number of halogens is 2. The quantitative estimate of drug-likeness (QED) is 0.770. The van der Waals surface area contributed by atoms with Gasteiger partial charge in [0.25, 0.3) is 0 Å². The third-order valence-corrected chi connectivity index (χ3v) is 3.40. The summed E-state index contributed by atoms with van der Waals surface area (Å²) >= 11 is 12.1. The summed E-state index contributed by atoms with van der Waals surface area (Å²) in [4.78, 5) is 0. The monoisotopic (exact) mass is 279 g/mol. The van der Waals surface area contributed by atoms with Crippen LogP contribution in [-0.4, -0.2) is 0 Å². The zero-order valence-corrected chi connectivity index (χ0v) is 11.9. The first-order chi connectivity index (χ1) is 8.60. The van der Waals surface area contributed by atoms with Gasteiger partial charge in [-0.1, -0.05) is 42.3 Å². The minimum atomic E-state index is 0.638. The van der Waals surface area contributed by atoms with Gasteiger partial charge in [0.05, 0.1) is 10.7 Å². The van der Waals surface area contributed by atoms with Crippen LogP contribution >= 0.6 is 23.2 Å². The maximum atomic E-state index is 6.20. The minimum Gasteiger partial charge on any atom is -0.354 e. The highest BCUT2D eigenvalue weighted by atomic mass is 35.5. The van der Waals surface area contributed by atoms with Crippen LogP contribution in [0.15, 0.2) is 36.4 Å². The molecular weight excluding hydrogens is 265 g/mol. The van der Waals surface area contributed by atoms with Gasteiger partial charge in [-0.2, -0.15) is 0 Å². The van der Waals surface area contributed by atoms with Gasteiger partial charge in [0, 0.05) is 10.7 Å². The van der Waals surface area contributed by atoms with Crippen molar-refractivity contribution in [1.29, 1.82) is 0 Å². The van der Waals surface area contributed by atoms with Gasteiger partial charge in [0.15, 0.2) is 0 Å². The molecule has 1 N–H and O–H groups in total. The van der Waals surface area contributed by atoms with E-state index >= 15 is 0 Å². The van der Waals surface area contributed by atoms with E-state index in [2.05, 4.69) is 36.5 Å². The Labute approximate surface area is 118 Å². The Kier molecular flexibility index (Phi) is 4.15. The highest BCUT2D eigenvalue weighted by Crippen LogP contribution is 2.32. The number of nitrogens with one attached hydrogen (secondary N) is 1. The third-order valence-electron chi connectivity index (χ3n) is 2.88. The number of aryl methyl sites for hydroxylation is 2. The van der Waals surface area contributed by atoms with Gasteiger partial charge in [0.1, 0.15) is 0 Å². The van der Waals surface area contributed by atoms with E-state index in [1.165, 1.54) is 5.56 Å². The normalized spacial score (nSPS) is 10.4. The van der Waals surface area contributed by atoms with Gasteiger partial charge in [0.2, 0.25) is 0 Å². The van der Waals surface area contributed by atoms with E-state index in [9.17, 15) is 0 Å². The largest absolute Gasteiger partial charge is 0.354 e. The van der Waals surface area contributed by atoms with Crippen LogP contribution in [0.25, 0.3) is 0 Å². The maximum Gasteiger partial charge on any atom is 0.0658 e. The van der Waals surface area contributed by atoms with Crippen molar-refractivity contribution < 1.29 is 0 Å². The highest BCUT2D eigenvalue weighted by Gasteiger charge is 2.06. The lowest BCUT2D eigenvalue weighted by atomic mass is 10.1. The fraction of sp³-hybridized carbons (Fsp3) is 0.200. The Balaban J connectivity index is 2.28. The summed E-state index contributed by atoms with van der Waals surface area (Å²) < 4.78 is 0. The second-order valence-corrected chi connectivity index (χ2v) is 5.10.